The average Bonchev–Trinajstić information content (AvgIpc) is 2.44. The summed E-state index contributed by atoms with van der Waals surface area (Å²) in [6.07, 6.45) is 0. The minimum Gasteiger partial charge on any atom is -0.493 e. The Morgan fingerprint density at radius 2 is 2.36 bits per heavy atom. The lowest BCUT2D eigenvalue weighted by Crippen LogP contribution is -2.12. The van der Waals surface area contributed by atoms with Gasteiger partial charge in [0.1, 0.15) is 11.6 Å². The molecule has 14 heavy (non-hydrogen) atoms. The van der Waals surface area contributed by atoms with E-state index < -0.39 is 11.0 Å². The number of fused-ring (bicyclic) bond motifs is 1. The maximum absolute atomic E-state index is 11.4. The number of amidine groups is 1. The molecule has 0 spiro atoms. The first-order chi connectivity index (χ1) is 6.74. The third-order valence-corrected chi connectivity index (χ3v) is 2.99. The van der Waals surface area contributed by atoms with Gasteiger partial charge in [-0.1, -0.05) is 6.07 Å². The molecule has 2 N–H and O–H groups in total. The Bertz CT molecular complexity index is 429. The zero-order chi connectivity index (χ0) is 10.1. The maximum atomic E-state index is 11.4. The van der Waals surface area contributed by atoms with Gasteiger partial charge in [0.05, 0.1) is 17.1 Å². The van der Waals surface area contributed by atoms with Crippen molar-refractivity contribution in [1.29, 1.82) is 0 Å². The van der Waals surface area contributed by atoms with Gasteiger partial charge in [-0.2, -0.15) is 4.40 Å². The molecule has 0 saturated heterocycles. The van der Waals surface area contributed by atoms with Crippen molar-refractivity contribution in [2.75, 3.05) is 6.61 Å². The van der Waals surface area contributed by atoms with Gasteiger partial charge in [-0.3, -0.25) is 0 Å². The molecule has 1 atom stereocenters. The fourth-order valence-corrected chi connectivity index (χ4v) is 2.31. The van der Waals surface area contributed by atoms with Crippen molar-refractivity contribution in [3.63, 3.8) is 0 Å². The van der Waals surface area contributed by atoms with E-state index in [0.717, 1.165) is 0 Å². The van der Waals surface area contributed by atoms with Gasteiger partial charge in [0.2, 0.25) is 0 Å². The van der Waals surface area contributed by atoms with Crippen molar-refractivity contribution >= 4 is 16.8 Å². The van der Waals surface area contributed by atoms with E-state index in [0.29, 0.717) is 28.7 Å². The minimum absolute atomic E-state index is 0.294. The minimum atomic E-state index is -1.36. The van der Waals surface area contributed by atoms with Crippen LogP contribution in [0.3, 0.4) is 0 Å². The van der Waals surface area contributed by atoms with Crippen molar-refractivity contribution in [1.82, 2.24) is 0 Å². The van der Waals surface area contributed by atoms with Gasteiger partial charge in [0.15, 0.2) is 11.0 Å². The van der Waals surface area contributed by atoms with Gasteiger partial charge >= 0.3 is 0 Å². The smallest absolute Gasteiger partial charge is 0.175 e. The second-order valence-corrected chi connectivity index (χ2v) is 3.91. The predicted molar refractivity (Wildman–Crippen MR) is 54.7 cm³/mol. The molecule has 0 amide bonds. The summed E-state index contributed by atoms with van der Waals surface area (Å²) >= 11 is 0. The Morgan fingerprint density at radius 1 is 1.57 bits per heavy atom. The van der Waals surface area contributed by atoms with Gasteiger partial charge in [-0.05, 0) is 19.1 Å². The lowest BCUT2D eigenvalue weighted by molar-refractivity contribution is 0.339. The van der Waals surface area contributed by atoms with Gasteiger partial charge in [0.25, 0.3) is 0 Å². The molecule has 0 bridgehead atoms. The van der Waals surface area contributed by atoms with Crippen LogP contribution in [0.1, 0.15) is 12.5 Å². The standard InChI is InChI=1S/C9H10N2O2S/c1-2-13-6-4-3-5-7-8(6)9(10)11-14(7)12/h3-5H,2H2,1H3,(H2,10,11). The number of benzene rings is 1. The molecule has 0 aromatic heterocycles. The second kappa shape index (κ2) is 3.42. The molecule has 1 unspecified atom stereocenters. The fraction of sp³-hybridized carbons (Fsp3) is 0.222. The summed E-state index contributed by atoms with van der Waals surface area (Å²) in [7, 11) is -1.36. The highest BCUT2D eigenvalue weighted by Gasteiger charge is 2.23. The SMILES string of the molecule is CCOc1cccc2c1C(N)=NS2=O. The van der Waals surface area contributed by atoms with Crippen LogP contribution in [0, 0.1) is 0 Å². The Balaban J connectivity index is 2.57. The van der Waals surface area contributed by atoms with Gasteiger partial charge in [0, 0.05) is 0 Å². The molecule has 2 rings (SSSR count). The lowest BCUT2D eigenvalue weighted by atomic mass is 10.2. The molecule has 0 radical (unpaired) electrons. The summed E-state index contributed by atoms with van der Waals surface area (Å²) < 4.78 is 20.6. The van der Waals surface area contributed by atoms with E-state index in [1.165, 1.54) is 0 Å². The van der Waals surface area contributed by atoms with E-state index in [9.17, 15) is 4.21 Å². The van der Waals surface area contributed by atoms with E-state index in [4.69, 9.17) is 10.5 Å². The lowest BCUT2D eigenvalue weighted by Gasteiger charge is -2.07. The summed E-state index contributed by atoms with van der Waals surface area (Å²) in [5, 5.41) is 0. The molecule has 5 heteroatoms. The van der Waals surface area contributed by atoms with Crippen molar-refractivity contribution in [2.24, 2.45) is 10.1 Å². The summed E-state index contributed by atoms with van der Waals surface area (Å²) in [5.41, 5.74) is 6.32. The van der Waals surface area contributed by atoms with Crippen LogP contribution in [0.5, 0.6) is 5.75 Å². The maximum Gasteiger partial charge on any atom is 0.175 e. The molecule has 1 aliphatic heterocycles. The first-order valence-electron chi connectivity index (χ1n) is 4.26. The van der Waals surface area contributed by atoms with Crippen LogP contribution < -0.4 is 10.5 Å². The molecule has 1 aromatic rings. The van der Waals surface area contributed by atoms with Crippen LogP contribution in [-0.4, -0.2) is 16.7 Å². The highest BCUT2D eigenvalue weighted by atomic mass is 32.2. The first-order valence-corrected chi connectivity index (χ1v) is 5.37. The van der Waals surface area contributed by atoms with Crippen molar-refractivity contribution in [3.05, 3.63) is 23.8 Å². The average molecular weight is 210 g/mol. The molecule has 1 heterocycles. The molecule has 0 aliphatic carbocycles. The topological polar surface area (TPSA) is 64.7 Å². The van der Waals surface area contributed by atoms with E-state index in [-0.39, 0.29) is 0 Å². The Hall–Kier alpha value is -1.36. The molecule has 0 fully saturated rings. The second-order valence-electron chi connectivity index (χ2n) is 2.79. The van der Waals surface area contributed by atoms with E-state index in [2.05, 4.69) is 4.40 Å². The molecule has 0 saturated carbocycles. The van der Waals surface area contributed by atoms with Crippen LogP contribution >= 0.6 is 0 Å². The summed E-state index contributed by atoms with van der Waals surface area (Å²) in [4.78, 5) is 0.633. The van der Waals surface area contributed by atoms with Crippen LogP contribution in [0.15, 0.2) is 27.5 Å². The Morgan fingerprint density at radius 3 is 3.07 bits per heavy atom. The van der Waals surface area contributed by atoms with Crippen LogP contribution in [0.4, 0.5) is 0 Å². The number of ether oxygens (including phenoxy) is 1. The number of rotatable bonds is 2. The zero-order valence-corrected chi connectivity index (χ0v) is 8.50. The number of nitrogens with two attached hydrogens (primary N) is 1. The van der Waals surface area contributed by atoms with E-state index >= 15 is 0 Å². The summed E-state index contributed by atoms with van der Waals surface area (Å²) in [6.45, 7) is 2.44. The quantitative estimate of drug-likeness (QED) is 0.786. The molecule has 4 nitrogen and oxygen atoms in total. The Labute approximate surface area is 84.4 Å². The third kappa shape index (κ3) is 1.29. The van der Waals surface area contributed by atoms with Crippen LogP contribution in [0.25, 0.3) is 0 Å². The van der Waals surface area contributed by atoms with Gasteiger partial charge < -0.3 is 10.5 Å². The third-order valence-electron chi connectivity index (χ3n) is 1.91. The molecule has 1 aromatic carbocycles. The number of hydrogen-bond acceptors (Lipinski definition) is 3. The molecular weight excluding hydrogens is 200 g/mol. The monoisotopic (exact) mass is 210 g/mol. The van der Waals surface area contributed by atoms with Gasteiger partial charge in [-0.25, -0.2) is 4.21 Å². The van der Waals surface area contributed by atoms with E-state index in [1.807, 2.05) is 6.92 Å². The fourth-order valence-electron chi connectivity index (χ4n) is 1.37. The molecule has 74 valence electrons. The highest BCUT2D eigenvalue weighted by Crippen LogP contribution is 2.29. The predicted octanol–water partition coefficient (Wildman–Crippen LogP) is 0.827. The number of nitrogens with zero attached hydrogens (tertiary/aromatic N) is 1. The summed E-state index contributed by atoms with van der Waals surface area (Å²) in [6, 6.07) is 5.33. The highest BCUT2D eigenvalue weighted by molar-refractivity contribution is 7.84. The number of hydrogen-bond donors (Lipinski definition) is 1. The molecular formula is C9H10N2O2S. The molecule has 1 aliphatic rings. The summed E-state index contributed by atoms with van der Waals surface area (Å²) in [5.74, 6) is 0.944. The largest absolute Gasteiger partial charge is 0.493 e. The Kier molecular flexibility index (Phi) is 2.25. The van der Waals surface area contributed by atoms with Crippen molar-refractivity contribution in [3.8, 4) is 5.75 Å². The van der Waals surface area contributed by atoms with Crippen molar-refractivity contribution < 1.29 is 8.95 Å². The van der Waals surface area contributed by atoms with Gasteiger partial charge in [-0.15, -0.1) is 0 Å². The van der Waals surface area contributed by atoms with E-state index in [1.54, 1.807) is 18.2 Å². The van der Waals surface area contributed by atoms with Crippen LogP contribution in [-0.2, 0) is 11.0 Å². The first kappa shape index (κ1) is 9.21. The zero-order valence-electron chi connectivity index (χ0n) is 7.69. The van der Waals surface area contributed by atoms with Crippen LogP contribution in [0.2, 0.25) is 0 Å². The normalized spacial score (nSPS) is 18.9. The van der Waals surface area contributed by atoms with Crippen molar-refractivity contribution in [2.45, 2.75) is 11.8 Å².